The van der Waals surface area contributed by atoms with Gasteiger partial charge in [-0.05, 0) is 36.3 Å². The number of halogens is 1. The lowest BCUT2D eigenvalue weighted by molar-refractivity contribution is 0.173. The predicted octanol–water partition coefficient (Wildman–Crippen LogP) is 1.85. The molecule has 1 saturated heterocycles. The van der Waals surface area contributed by atoms with Gasteiger partial charge in [0, 0.05) is 53.0 Å². The van der Waals surface area contributed by atoms with Crippen LogP contribution in [0.25, 0.3) is 0 Å². The van der Waals surface area contributed by atoms with Crippen LogP contribution in [-0.4, -0.2) is 61.4 Å². The molecule has 4 nitrogen and oxygen atoms in total. The van der Waals surface area contributed by atoms with Crippen LogP contribution in [0.4, 0.5) is 4.39 Å². The molecule has 1 aromatic rings. The summed E-state index contributed by atoms with van der Waals surface area (Å²) in [5.41, 5.74) is 1.02. The van der Waals surface area contributed by atoms with Gasteiger partial charge in [0.05, 0.1) is 0 Å². The highest BCUT2D eigenvalue weighted by molar-refractivity contribution is 7.80. The minimum Gasteiger partial charge on any atom is -0.385 e. The lowest BCUT2D eigenvalue weighted by atomic mass is 10.2. The summed E-state index contributed by atoms with van der Waals surface area (Å²) in [5, 5.41) is 4.09. The van der Waals surface area contributed by atoms with E-state index in [-0.39, 0.29) is 5.82 Å². The van der Waals surface area contributed by atoms with Crippen molar-refractivity contribution in [1.29, 1.82) is 0 Å². The van der Waals surface area contributed by atoms with Crippen molar-refractivity contribution in [1.82, 2.24) is 15.1 Å². The fourth-order valence-electron chi connectivity index (χ4n) is 2.53. The average Bonchev–Trinajstić information content (AvgIpc) is 2.52. The monoisotopic (exact) mass is 325 g/mol. The SMILES string of the molecule is COCCCNC(=S)N1CCN(Cc2cccc(F)c2)CC1. The molecule has 0 unspecified atom stereocenters. The molecule has 0 amide bonds. The Balaban J connectivity index is 1.70. The van der Waals surface area contributed by atoms with Crippen LogP contribution in [0.3, 0.4) is 0 Å². The average molecular weight is 325 g/mol. The second-order valence-electron chi connectivity index (χ2n) is 5.47. The Hall–Kier alpha value is -1.24. The zero-order valence-electron chi connectivity index (χ0n) is 13.1. The lowest BCUT2D eigenvalue weighted by Crippen LogP contribution is -2.51. The summed E-state index contributed by atoms with van der Waals surface area (Å²) >= 11 is 5.41. The largest absolute Gasteiger partial charge is 0.385 e. The van der Waals surface area contributed by atoms with E-state index >= 15 is 0 Å². The molecule has 0 atom stereocenters. The zero-order valence-corrected chi connectivity index (χ0v) is 13.9. The topological polar surface area (TPSA) is 27.7 Å². The number of nitrogens with one attached hydrogen (secondary N) is 1. The van der Waals surface area contributed by atoms with Gasteiger partial charge in [0.1, 0.15) is 5.82 Å². The standard InChI is InChI=1S/C16H24FN3OS/c1-21-11-3-6-18-16(22)20-9-7-19(8-10-20)13-14-4-2-5-15(17)12-14/h2,4-5,12H,3,6-11,13H2,1H3,(H,18,22). The van der Waals surface area contributed by atoms with Crippen LogP contribution < -0.4 is 5.32 Å². The van der Waals surface area contributed by atoms with Crippen LogP contribution in [0.1, 0.15) is 12.0 Å². The van der Waals surface area contributed by atoms with E-state index in [4.69, 9.17) is 17.0 Å². The molecule has 1 heterocycles. The number of nitrogens with zero attached hydrogens (tertiary/aromatic N) is 2. The van der Waals surface area contributed by atoms with Gasteiger partial charge in [0.25, 0.3) is 0 Å². The predicted molar refractivity (Wildman–Crippen MR) is 90.3 cm³/mol. The van der Waals surface area contributed by atoms with Crippen LogP contribution in [0.15, 0.2) is 24.3 Å². The number of hydrogen-bond acceptors (Lipinski definition) is 3. The van der Waals surface area contributed by atoms with Crippen LogP contribution in [0, 0.1) is 5.82 Å². The van der Waals surface area contributed by atoms with Gasteiger partial charge in [0.15, 0.2) is 5.11 Å². The Bertz CT molecular complexity index is 478. The molecule has 22 heavy (non-hydrogen) atoms. The first-order chi connectivity index (χ1) is 10.7. The third-order valence-corrected chi connectivity index (χ3v) is 4.16. The molecule has 122 valence electrons. The second kappa shape index (κ2) is 9.02. The maximum Gasteiger partial charge on any atom is 0.169 e. The van der Waals surface area contributed by atoms with Gasteiger partial charge in [0.2, 0.25) is 0 Å². The fraction of sp³-hybridized carbons (Fsp3) is 0.562. The van der Waals surface area contributed by atoms with Crippen LogP contribution in [0.5, 0.6) is 0 Å². The van der Waals surface area contributed by atoms with E-state index in [1.54, 1.807) is 19.2 Å². The number of hydrogen-bond donors (Lipinski definition) is 1. The summed E-state index contributed by atoms with van der Waals surface area (Å²) in [6.45, 7) is 6.08. The molecule has 0 aromatic heterocycles. The molecule has 1 aromatic carbocycles. The van der Waals surface area contributed by atoms with E-state index in [0.29, 0.717) is 0 Å². The summed E-state index contributed by atoms with van der Waals surface area (Å²) in [6.07, 6.45) is 0.955. The molecule has 0 aliphatic carbocycles. The minimum absolute atomic E-state index is 0.169. The first kappa shape index (κ1) is 17.1. The number of methoxy groups -OCH3 is 1. The lowest BCUT2D eigenvalue weighted by Gasteiger charge is -2.36. The third-order valence-electron chi connectivity index (χ3n) is 3.76. The third kappa shape index (κ3) is 5.51. The van der Waals surface area contributed by atoms with Crippen molar-refractivity contribution in [2.75, 3.05) is 46.4 Å². The van der Waals surface area contributed by atoms with Crippen LogP contribution in [-0.2, 0) is 11.3 Å². The summed E-state index contributed by atoms with van der Waals surface area (Å²) in [7, 11) is 1.70. The number of ether oxygens (including phenoxy) is 1. The highest BCUT2D eigenvalue weighted by atomic mass is 32.1. The first-order valence-corrected chi connectivity index (χ1v) is 8.08. The van der Waals surface area contributed by atoms with Crippen molar-refractivity contribution < 1.29 is 9.13 Å². The van der Waals surface area contributed by atoms with E-state index in [2.05, 4.69) is 15.1 Å². The van der Waals surface area contributed by atoms with Gasteiger partial charge in [-0.1, -0.05) is 12.1 Å². The molecule has 0 saturated carbocycles. The van der Waals surface area contributed by atoms with E-state index in [0.717, 1.165) is 63.0 Å². The van der Waals surface area contributed by atoms with Gasteiger partial charge >= 0.3 is 0 Å². The van der Waals surface area contributed by atoms with E-state index in [9.17, 15) is 4.39 Å². The first-order valence-electron chi connectivity index (χ1n) is 7.67. The van der Waals surface area contributed by atoms with E-state index < -0.39 is 0 Å². The minimum atomic E-state index is -0.169. The highest BCUT2D eigenvalue weighted by Gasteiger charge is 2.18. The molecular formula is C16H24FN3OS. The quantitative estimate of drug-likeness (QED) is 0.637. The number of thiocarbonyl (C=S) groups is 1. The molecule has 0 bridgehead atoms. The van der Waals surface area contributed by atoms with Crippen LogP contribution in [0.2, 0.25) is 0 Å². The fourth-order valence-corrected chi connectivity index (χ4v) is 2.81. The van der Waals surface area contributed by atoms with Gasteiger partial charge in [-0.25, -0.2) is 4.39 Å². The van der Waals surface area contributed by atoms with Gasteiger partial charge in [-0.15, -0.1) is 0 Å². The van der Waals surface area contributed by atoms with E-state index in [1.807, 2.05) is 6.07 Å². The smallest absolute Gasteiger partial charge is 0.169 e. The zero-order chi connectivity index (χ0) is 15.8. The molecular weight excluding hydrogens is 301 g/mol. The molecule has 1 aliphatic heterocycles. The maximum absolute atomic E-state index is 13.2. The van der Waals surface area contributed by atoms with Crippen molar-refractivity contribution in [3.05, 3.63) is 35.6 Å². The molecule has 1 N–H and O–H groups in total. The Morgan fingerprint density at radius 1 is 1.32 bits per heavy atom. The Morgan fingerprint density at radius 2 is 2.09 bits per heavy atom. The van der Waals surface area contributed by atoms with Gasteiger partial charge in [-0.2, -0.15) is 0 Å². The van der Waals surface area contributed by atoms with Crippen molar-refractivity contribution >= 4 is 17.3 Å². The summed E-state index contributed by atoms with van der Waals surface area (Å²) in [4.78, 5) is 4.53. The normalized spacial score (nSPS) is 15.8. The Labute approximate surface area is 137 Å². The van der Waals surface area contributed by atoms with Crippen molar-refractivity contribution in [3.8, 4) is 0 Å². The van der Waals surface area contributed by atoms with Gasteiger partial charge in [-0.3, -0.25) is 4.90 Å². The number of benzene rings is 1. The van der Waals surface area contributed by atoms with Crippen molar-refractivity contribution in [2.24, 2.45) is 0 Å². The number of piperazine rings is 1. The molecule has 2 rings (SSSR count). The maximum atomic E-state index is 13.2. The summed E-state index contributed by atoms with van der Waals surface area (Å²) in [5.74, 6) is -0.169. The molecule has 1 fully saturated rings. The number of rotatable bonds is 6. The summed E-state index contributed by atoms with van der Waals surface area (Å²) < 4.78 is 18.2. The molecule has 0 spiro atoms. The highest BCUT2D eigenvalue weighted by Crippen LogP contribution is 2.10. The Morgan fingerprint density at radius 3 is 2.77 bits per heavy atom. The molecule has 6 heteroatoms. The second-order valence-corrected chi connectivity index (χ2v) is 5.86. The Kier molecular flexibility index (Phi) is 7.02. The van der Waals surface area contributed by atoms with Crippen LogP contribution >= 0.6 is 12.2 Å². The summed E-state index contributed by atoms with van der Waals surface area (Å²) in [6, 6.07) is 6.82. The van der Waals surface area contributed by atoms with Crippen molar-refractivity contribution in [3.63, 3.8) is 0 Å². The van der Waals surface area contributed by atoms with E-state index in [1.165, 1.54) is 6.07 Å². The molecule has 0 radical (unpaired) electrons. The van der Waals surface area contributed by atoms with Crippen molar-refractivity contribution in [2.45, 2.75) is 13.0 Å². The molecule has 1 aliphatic rings. The van der Waals surface area contributed by atoms with Gasteiger partial charge < -0.3 is 15.0 Å².